The lowest BCUT2D eigenvalue weighted by atomic mass is 10.2. The lowest BCUT2D eigenvalue weighted by Crippen LogP contribution is -2.51. The number of carbonyl (C=O) groups excluding carboxylic acids is 2. The Labute approximate surface area is 169 Å². The zero-order valence-electron chi connectivity index (χ0n) is 16.4. The van der Waals surface area contributed by atoms with Crippen molar-refractivity contribution in [1.29, 1.82) is 0 Å². The Bertz CT molecular complexity index is 785. The molecule has 0 bridgehead atoms. The van der Waals surface area contributed by atoms with E-state index >= 15 is 0 Å². The summed E-state index contributed by atoms with van der Waals surface area (Å²) in [6, 6.07) is 10.1. The third-order valence-electron chi connectivity index (χ3n) is 4.49. The second kappa shape index (κ2) is 9.66. The topological polar surface area (TPSA) is 77.6 Å². The molecule has 3 rings (SSSR count). The minimum absolute atomic E-state index is 0.00697. The number of piperazine rings is 1. The lowest BCUT2D eigenvalue weighted by Gasteiger charge is -2.33. The van der Waals surface area contributed by atoms with Gasteiger partial charge in [0, 0.05) is 44.1 Å². The summed E-state index contributed by atoms with van der Waals surface area (Å²) in [5, 5.41) is 8.74. The molecular weight excluding hydrogens is 374 g/mol. The largest absolute Gasteiger partial charge is 0.359 e. The average Bonchev–Trinajstić information content (AvgIpc) is 3.15. The second-order valence-electron chi connectivity index (χ2n) is 7.17. The SMILES string of the molecule is CC(C)Nc1nc(C(=O)N2CCN(CC(=O)NCc3ccccc3)CC2)cs1. The summed E-state index contributed by atoms with van der Waals surface area (Å²) >= 11 is 1.45. The molecule has 2 N–H and O–H groups in total. The maximum absolute atomic E-state index is 12.6. The van der Waals surface area contributed by atoms with Gasteiger partial charge in [-0.1, -0.05) is 30.3 Å². The van der Waals surface area contributed by atoms with Gasteiger partial charge in [0.05, 0.1) is 6.54 Å². The van der Waals surface area contributed by atoms with Crippen LogP contribution in [0.2, 0.25) is 0 Å². The van der Waals surface area contributed by atoms with Crippen molar-refractivity contribution in [3.05, 3.63) is 47.0 Å². The monoisotopic (exact) mass is 401 g/mol. The predicted molar refractivity (Wildman–Crippen MR) is 112 cm³/mol. The quantitative estimate of drug-likeness (QED) is 0.742. The fourth-order valence-electron chi connectivity index (χ4n) is 3.01. The van der Waals surface area contributed by atoms with Crippen molar-refractivity contribution >= 4 is 28.3 Å². The molecule has 1 fully saturated rings. The minimum atomic E-state index is -0.0405. The van der Waals surface area contributed by atoms with E-state index in [4.69, 9.17) is 0 Å². The van der Waals surface area contributed by atoms with Gasteiger partial charge in [-0.3, -0.25) is 14.5 Å². The van der Waals surface area contributed by atoms with Crippen LogP contribution in [0, 0.1) is 0 Å². The first-order chi connectivity index (χ1) is 13.5. The number of carbonyl (C=O) groups is 2. The molecule has 2 aromatic rings. The van der Waals surface area contributed by atoms with E-state index in [1.165, 1.54) is 11.3 Å². The standard InChI is InChI=1S/C20H27N5O2S/c1-15(2)22-20-23-17(14-28-20)19(27)25-10-8-24(9-11-25)13-18(26)21-12-16-6-4-3-5-7-16/h3-7,14-15H,8-13H2,1-2H3,(H,21,26)(H,22,23). The van der Waals surface area contributed by atoms with Gasteiger partial charge in [0.15, 0.2) is 5.13 Å². The average molecular weight is 402 g/mol. The Kier molecular flexibility index (Phi) is 7.00. The van der Waals surface area contributed by atoms with Crippen LogP contribution in [-0.2, 0) is 11.3 Å². The van der Waals surface area contributed by atoms with Gasteiger partial charge in [0.1, 0.15) is 5.69 Å². The summed E-state index contributed by atoms with van der Waals surface area (Å²) in [7, 11) is 0. The molecule has 0 saturated carbocycles. The Hall–Kier alpha value is -2.45. The molecule has 0 unspecified atom stereocenters. The van der Waals surface area contributed by atoms with Crippen LogP contribution >= 0.6 is 11.3 Å². The number of amides is 2. The summed E-state index contributed by atoms with van der Waals surface area (Å²) in [6.45, 7) is 7.56. The molecule has 1 aromatic carbocycles. The van der Waals surface area contributed by atoms with Gasteiger partial charge in [-0.2, -0.15) is 0 Å². The highest BCUT2D eigenvalue weighted by Crippen LogP contribution is 2.18. The molecule has 7 nitrogen and oxygen atoms in total. The fraction of sp³-hybridized carbons (Fsp3) is 0.450. The number of thiazole rings is 1. The second-order valence-corrected chi connectivity index (χ2v) is 8.03. The van der Waals surface area contributed by atoms with E-state index in [2.05, 4.69) is 20.5 Å². The predicted octanol–water partition coefficient (Wildman–Crippen LogP) is 2.04. The zero-order valence-corrected chi connectivity index (χ0v) is 17.2. The fourth-order valence-corrected chi connectivity index (χ4v) is 3.84. The molecule has 8 heteroatoms. The van der Waals surface area contributed by atoms with Gasteiger partial charge in [0.25, 0.3) is 5.91 Å². The van der Waals surface area contributed by atoms with Crippen LogP contribution in [0.3, 0.4) is 0 Å². The molecule has 0 atom stereocenters. The Morgan fingerprint density at radius 2 is 1.86 bits per heavy atom. The van der Waals surface area contributed by atoms with Gasteiger partial charge in [-0.15, -0.1) is 11.3 Å². The van der Waals surface area contributed by atoms with Crippen LogP contribution in [0.15, 0.2) is 35.7 Å². The Morgan fingerprint density at radius 3 is 2.54 bits per heavy atom. The van der Waals surface area contributed by atoms with E-state index in [1.807, 2.05) is 49.1 Å². The normalized spacial score (nSPS) is 14.9. The van der Waals surface area contributed by atoms with Crippen molar-refractivity contribution in [1.82, 2.24) is 20.1 Å². The van der Waals surface area contributed by atoms with Crippen molar-refractivity contribution < 1.29 is 9.59 Å². The number of rotatable bonds is 7. The summed E-state index contributed by atoms with van der Waals surface area (Å²) in [4.78, 5) is 33.1. The Morgan fingerprint density at radius 1 is 1.14 bits per heavy atom. The van der Waals surface area contributed by atoms with Crippen LogP contribution in [0.1, 0.15) is 29.9 Å². The van der Waals surface area contributed by atoms with Crippen LogP contribution < -0.4 is 10.6 Å². The molecule has 0 aliphatic carbocycles. The number of hydrogen-bond donors (Lipinski definition) is 2. The van der Waals surface area contributed by atoms with E-state index in [0.717, 1.165) is 10.7 Å². The number of anilines is 1. The smallest absolute Gasteiger partial charge is 0.273 e. The number of benzene rings is 1. The molecule has 1 saturated heterocycles. The molecule has 1 aromatic heterocycles. The molecular formula is C20H27N5O2S. The van der Waals surface area contributed by atoms with Crippen molar-refractivity contribution in [3.8, 4) is 0 Å². The highest BCUT2D eigenvalue weighted by molar-refractivity contribution is 7.13. The maximum Gasteiger partial charge on any atom is 0.273 e. The van der Waals surface area contributed by atoms with Gasteiger partial charge in [-0.05, 0) is 19.4 Å². The van der Waals surface area contributed by atoms with Gasteiger partial charge >= 0.3 is 0 Å². The molecule has 0 radical (unpaired) electrons. The van der Waals surface area contributed by atoms with E-state index in [-0.39, 0.29) is 17.9 Å². The maximum atomic E-state index is 12.6. The highest BCUT2D eigenvalue weighted by Gasteiger charge is 2.24. The van der Waals surface area contributed by atoms with Crippen molar-refractivity contribution in [2.24, 2.45) is 0 Å². The molecule has 2 heterocycles. The molecule has 1 aliphatic heterocycles. The van der Waals surface area contributed by atoms with Gasteiger partial charge in [0.2, 0.25) is 5.91 Å². The lowest BCUT2D eigenvalue weighted by molar-refractivity contribution is -0.122. The number of nitrogens with zero attached hydrogens (tertiary/aromatic N) is 3. The van der Waals surface area contributed by atoms with E-state index in [9.17, 15) is 9.59 Å². The first kappa shape index (κ1) is 20.3. The van der Waals surface area contributed by atoms with Crippen molar-refractivity contribution in [2.45, 2.75) is 26.4 Å². The van der Waals surface area contributed by atoms with Crippen LogP contribution in [0.4, 0.5) is 5.13 Å². The molecule has 0 spiro atoms. The summed E-state index contributed by atoms with van der Waals surface area (Å²) in [6.07, 6.45) is 0. The van der Waals surface area contributed by atoms with E-state index in [0.29, 0.717) is 45.0 Å². The molecule has 1 aliphatic rings. The first-order valence-electron chi connectivity index (χ1n) is 9.55. The van der Waals surface area contributed by atoms with E-state index < -0.39 is 0 Å². The Balaban J connectivity index is 1.41. The van der Waals surface area contributed by atoms with Gasteiger partial charge in [-0.25, -0.2) is 4.98 Å². The first-order valence-corrected chi connectivity index (χ1v) is 10.4. The molecule has 150 valence electrons. The minimum Gasteiger partial charge on any atom is -0.359 e. The van der Waals surface area contributed by atoms with Crippen LogP contribution in [0.25, 0.3) is 0 Å². The molecule has 28 heavy (non-hydrogen) atoms. The summed E-state index contributed by atoms with van der Waals surface area (Å²) in [5.74, 6) is -0.0335. The summed E-state index contributed by atoms with van der Waals surface area (Å²) < 4.78 is 0. The zero-order chi connectivity index (χ0) is 19.9. The van der Waals surface area contributed by atoms with Gasteiger partial charge < -0.3 is 15.5 Å². The number of hydrogen-bond acceptors (Lipinski definition) is 6. The van der Waals surface area contributed by atoms with Crippen LogP contribution in [-0.4, -0.2) is 65.4 Å². The number of aromatic nitrogens is 1. The van der Waals surface area contributed by atoms with E-state index in [1.54, 1.807) is 5.38 Å². The highest BCUT2D eigenvalue weighted by atomic mass is 32.1. The molecule has 2 amide bonds. The van der Waals surface area contributed by atoms with Crippen LogP contribution in [0.5, 0.6) is 0 Å². The third kappa shape index (κ3) is 5.77. The van der Waals surface area contributed by atoms with Crippen molar-refractivity contribution in [3.63, 3.8) is 0 Å². The summed E-state index contributed by atoms with van der Waals surface area (Å²) in [5.41, 5.74) is 1.57. The third-order valence-corrected chi connectivity index (χ3v) is 5.27. The number of nitrogens with one attached hydrogen (secondary N) is 2. The van der Waals surface area contributed by atoms with Crippen molar-refractivity contribution in [2.75, 3.05) is 38.0 Å².